The molecule has 2 bridgehead atoms. The van der Waals surface area contributed by atoms with Gasteiger partial charge in [0.25, 0.3) is 0 Å². The number of para-hydroxylation sites is 1. The highest BCUT2D eigenvalue weighted by molar-refractivity contribution is 5.39. The Kier molecular flexibility index (Phi) is 6.02. The van der Waals surface area contributed by atoms with E-state index in [2.05, 4.69) is 10.2 Å². The number of aromatic nitrogens is 2. The second-order valence-corrected chi connectivity index (χ2v) is 10.2. The maximum atomic E-state index is 13.2. The van der Waals surface area contributed by atoms with E-state index in [9.17, 15) is 4.79 Å². The molecule has 6 nitrogen and oxygen atoms in total. The van der Waals surface area contributed by atoms with Crippen LogP contribution in [0.15, 0.2) is 71.8 Å². The summed E-state index contributed by atoms with van der Waals surface area (Å²) in [6.45, 7) is 3.80. The van der Waals surface area contributed by atoms with Gasteiger partial charge in [0.15, 0.2) is 0 Å². The zero-order chi connectivity index (χ0) is 22.9. The van der Waals surface area contributed by atoms with Crippen molar-refractivity contribution in [3.8, 4) is 17.2 Å². The normalized spacial score (nSPS) is 28.6. The van der Waals surface area contributed by atoms with Gasteiger partial charge in [0.2, 0.25) is 0 Å². The van der Waals surface area contributed by atoms with Crippen LogP contribution >= 0.6 is 0 Å². The number of fused-ring (bicyclic) bond motifs is 3. The lowest BCUT2D eigenvalue weighted by Gasteiger charge is -2.47. The fourth-order valence-corrected chi connectivity index (χ4v) is 6.14. The largest absolute Gasteiger partial charge is 0.457 e. The third-order valence-corrected chi connectivity index (χ3v) is 8.09. The molecule has 3 aliphatic heterocycles. The molecule has 0 amide bonds. The van der Waals surface area contributed by atoms with E-state index in [4.69, 9.17) is 4.74 Å². The lowest BCUT2D eigenvalue weighted by molar-refractivity contribution is 0.0627. The molecule has 1 atom stereocenters. The first-order chi connectivity index (χ1) is 16.7. The van der Waals surface area contributed by atoms with Gasteiger partial charge >= 0.3 is 5.69 Å². The topological polar surface area (TPSA) is 51.4 Å². The molecule has 3 aromatic rings. The number of benzene rings is 2. The standard InChI is InChI=1S/C28H34N4O2/c33-28-31(23-8-6-22(7-9-23)29-27-20-30-16-14-21(27)15-17-30)18-19-32(28)24-10-12-26(13-11-24)34-25-4-2-1-3-5-25/h1-5,10-13,18-19,21-23,27,29H,6-9,14-17,20H2. The summed E-state index contributed by atoms with van der Waals surface area (Å²) in [5.41, 5.74) is 0.910. The molecule has 178 valence electrons. The van der Waals surface area contributed by atoms with E-state index >= 15 is 0 Å². The van der Waals surface area contributed by atoms with Crippen molar-refractivity contribution in [3.63, 3.8) is 0 Å². The summed E-state index contributed by atoms with van der Waals surface area (Å²) >= 11 is 0. The van der Waals surface area contributed by atoms with Crippen molar-refractivity contribution >= 4 is 0 Å². The Morgan fingerprint density at radius 1 is 0.794 bits per heavy atom. The molecule has 1 N–H and O–H groups in total. The van der Waals surface area contributed by atoms with Gasteiger partial charge < -0.3 is 15.0 Å². The second-order valence-electron chi connectivity index (χ2n) is 10.2. The molecule has 1 aliphatic carbocycles. The summed E-state index contributed by atoms with van der Waals surface area (Å²) in [5, 5.41) is 3.98. The van der Waals surface area contributed by atoms with Gasteiger partial charge in [-0.15, -0.1) is 0 Å². The van der Waals surface area contributed by atoms with Gasteiger partial charge in [-0.1, -0.05) is 18.2 Å². The van der Waals surface area contributed by atoms with Gasteiger partial charge in [-0.3, -0.25) is 9.13 Å². The van der Waals surface area contributed by atoms with Crippen LogP contribution in [-0.4, -0.2) is 45.8 Å². The van der Waals surface area contributed by atoms with Crippen molar-refractivity contribution in [1.82, 2.24) is 19.4 Å². The van der Waals surface area contributed by atoms with Crippen molar-refractivity contribution in [2.45, 2.75) is 56.7 Å². The smallest absolute Gasteiger partial charge is 0.332 e. The highest BCUT2D eigenvalue weighted by Crippen LogP contribution is 2.32. The number of ether oxygens (including phenoxy) is 1. The SMILES string of the molecule is O=c1n(-c2ccc(Oc3ccccc3)cc2)ccn1C1CCC(NC2CN3CCC2CC3)CC1. The lowest BCUT2D eigenvalue weighted by atomic mass is 9.82. The van der Waals surface area contributed by atoms with Crippen LogP contribution in [0.1, 0.15) is 44.6 Å². The number of hydrogen-bond donors (Lipinski definition) is 1. The van der Waals surface area contributed by atoms with E-state index in [0.29, 0.717) is 18.1 Å². The van der Waals surface area contributed by atoms with Crippen LogP contribution < -0.4 is 15.7 Å². The minimum atomic E-state index is 0.0468. The first-order valence-corrected chi connectivity index (χ1v) is 12.8. The average Bonchev–Trinajstić information content (AvgIpc) is 3.27. The van der Waals surface area contributed by atoms with Crippen molar-refractivity contribution in [2.24, 2.45) is 5.92 Å². The Hall–Kier alpha value is -2.83. The van der Waals surface area contributed by atoms with E-state index in [1.165, 1.54) is 32.5 Å². The minimum Gasteiger partial charge on any atom is -0.457 e. The molecule has 4 fully saturated rings. The molecule has 34 heavy (non-hydrogen) atoms. The Morgan fingerprint density at radius 3 is 2.18 bits per heavy atom. The van der Waals surface area contributed by atoms with E-state index in [1.54, 1.807) is 4.57 Å². The molecule has 0 spiro atoms. The van der Waals surface area contributed by atoms with Gasteiger partial charge in [-0.05, 0) is 93.9 Å². The fraction of sp³-hybridized carbons (Fsp3) is 0.464. The Morgan fingerprint density at radius 2 is 1.50 bits per heavy atom. The van der Waals surface area contributed by atoms with Crippen LogP contribution in [0.4, 0.5) is 0 Å². The third-order valence-electron chi connectivity index (χ3n) is 8.09. The van der Waals surface area contributed by atoms with E-state index in [0.717, 1.165) is 48.8 Å². The molecule has 4 heterocycles. The maximum Gasteiger partial charge on any atom is 0.332 e. The number of rotatable bonds is 6. The minimum absolute atomic E-state index is 0.0468. The summed E-state index contributed by atoms with van der Waals surface area (Å²) in [5.74, 6) is 2.43. The van der Waals surface area contributed by atoms with Gasteiger partial charge in [0, 0.05) is 37.1 Å². The predicted octanol–water partition coefficient (Wildman–Crippen LogP) is 4.60. The first-order valence-electron chi connectivity index (χ1n) is 12.8. The van der Waals surface area contributed by atoms with Gasteiger partial charge in [-0.2, -0.15) is 0 Å². The summed E-state index contributed by atoms with van der Waals surface area (Å²) in [6, 6.07) is 19.0. The number of hydrogen-bond acceptors (Lipinski definition) is 4. The lowest BCUT2D eigenvalue weighted by Crippen LogP contribution is -2.58. The molecule has 1 saturated carbocycles. The Balaban J connectivity index is 1.07. The summed E-state index contributed by atoms with van der Waals surface area (Å²) in [7, 11) is 0. The van der Waals surface area contributed by atoms with Gasteiger partial charge in [0.1, 0.15) is 11.5 Å². The zero-order valence-electron chi connectivity index (χ0n) is 19.7. The van der Waals surface area contributed by atoms with E-state index < -0.39 is 0 Å². The van der Waals surface area contributed by atoms with Crippen LogP contribution in [0.5, 0.6) is 11.5 Å². The molecule has 3 saturated heterocycles. The monoisotopic (exact) mass is 458 g/mol. The van der Waals surface area contributed by atoms with Crippen LogP contribution in [0.25, 0.3) is 5.69 Å². The molecular weight excluding hydrogens is 424 g/mol. The summed E-state index contributed by atoms with van der Waals surface area (Å²) < 4.78 is 9.56. The summed E-state index contributed by atoms with van der Waals surface area (Å²) in [6.07, 6.45) is 11.0. The molecule has 1 aromatic heterocycles. The Bertz CT molecular complexity index is 1140. The molecule has 0 radical (unpaired) electrons. The number of nitrogens with one attached hydrogen (secondary N) is 1. The van der Waals surface area contributed by atoms with Crippen molar-refractivity contribution in [1.29, 1.82) is 0 Å². The van der Waals surface area contributed by atoms with Crippen molar-refractivity contribution in [2.75, 3.05) is 19.6 Å². The third kappa shape index (κ3) is 4.44. The average molecular weight is 459 g/mol. The van der Waals surface area contributed by atoms with Gasteiger partial charge in [-0.25, -0.2) is 4.79 Å². The highest BCUT2D eigenvalue weighted by Gasteiger charge is 2.35. The first kappa shape index (κ1) is 21.7. The van der Waals surface area contributed by atoms with E-state index in [-0.39, 0.29) is 5.69 Å². The fourth-order valence-electron chi connectivity index (χ4n) is 6.14. The zero-order valence-corrected chi connectivity index (χ0v) is 19.7. The number of nitrogens with zero attached hydrogens (tertiary/aromatic N) is 3. The van der Waals surface area contributed by atoms with Crippen LogP contribution in [0.2, 0.25) is 0 Å². The quantitative estimate of drug-likeness (QED) is 0.587. The number of imidazole rings is 1. The van der Waals surface area contributed by atoms with Crippen LogP contribution in [0.3, 0.4) is 0 Å². The molecule has 7 rings (SSSR count). The molecule has 2 aromatic carbocycles. The highest BCUT2D eigenvalue weighted by atomic mass is 16.5. The van der Waals surface area contributed by atoms with Crippen LogP contribution in [0, 0.1) is 5.92 Å². The number of piperidine rings is 3. The summed E-state index contributed by atoms with van der Waals surface area (Å²) in [4.78, 5) is 15.8. The predicted molar refractivity (Wildman–Crippen MR) is 134 cm³/mol. The molecule has 4 aliphatic rings. The van der Waals surface area contributed by atoms with Crippen LogP contribution in [-0.2, 0) is 0 Å². The van der Waals surface area contributed by atoms with E-state index in [1.807, 2.05) is 71.6 Å². The van der Waals surface area contributed by atoms with Crippen molar-refractivity contribution < 1.29 is 4.74 Å². The Labute approximate surface area is 201 Å². The van der Waals surface area contributed by atoms with Gasteiger partial charge in [0.05, 0.1) is 5.69 Å². The molecule has 6 heteroatoms. The second kappa shape index (κ2) is 9.43. The molecule has 1 unspecified atom stereocenters. The van der Waals surface area contributed by atoms with Crippen molar-refractivity contribution in [3.05, 3.63) is 77.5 Å². The molecular formula is C28H34N4O2. The maximum absolute atomic E-state index is 13.2.